The van der Waals surface area contributed by atoms with Crippen molar-refractivity contribution in [3.63, 3.8) is 0 Å². The maximum Gasteiger partial charge on any atom is 0.417 e. The summed E-state index contributed by atoms with van der Waals surface area (Å²) in [7, 11) is 0. The molecule has 0 bridgehead atoms. The molecule has 0 spiro atoms. The summed E-state index contributed by atoms with van der Waals surface area (Å²) in [5, 5.41) is 7.00. The van der Waals surface area contributed by atoms with Gasteiger partial charge in [-0.25, -0.2) is 9.48 Å². The number of benzene rings is 2. The molecule has 0 atom stereocenters. The predicted octanol–water partition coefficient (Wildman–Crippen LogP) is 2.56. The molecule has 118 valence electrons. The lowest BCUT2D eigenvalue weighted by Gasteiger charge is -2.03. The number of H-pyrrole nitrogens is 1. The average molecular weight is 320 g/mol. The molecule has 0 aliphatic heterocycles. The van der Waals surface area contributed by atoms with E-state index in [1.807, 2.05) is 30.3 Å². The highest BCUT2D eigenvalue weighted by Crippen LogP contribution is 2.17. The van der Waals surface area contributed by atoms with Gasteiger partial charge in [0.15, 0.2) is 11.3 Å². The summed E-state index contributed by atoms with van der Waals surface area (Å²) in [6, 6.07) is 16.1. The Balaban J connectivity index is 1.57. The topological polar surface area (TPSA) is 92.9 Å². The van der Waals surface area contributed by atoms with Crippen molar-refractivity contribution < 1.29 is 9.21 Å². The highest BCUT2D eigenvalue weighted by Gasteiger charge is 2.11. The first-order valence-corrected chi connectivity index (χ1v) is 7.24. The van der Waals surface area contributed by atoms with Crippen molar-refractivity contribution in [2.45, 2.75) is 0 Å². The van der Waals surface area contributed by atoms with Gasteiger partial charge in [-0.05, 0) is 30.3 Å². The molecule has 0 aliphatic rings. The number of aromatic amines is 1. The summed E-state index contributed by atoms with van der Waals surface area (Å²) < 4.78 is 6.60. The van der Waals surface area contributed by atoms with Crippen LogP contribution in [0.15, 0.2) is 70.0 Å². The number of carbonyl (C=O) groups excluding carboxylic acids is 1. The van der Waals surface area contributed by atoms with E-state index in [1.165, 1.54) is 0 Å². The van der Waals surface area contributed by atoms with Crippen molar-refractivity contribution in [1.29, 1.82) is 0 Å². The normalized spacial score (nSPS) is 10.8. The van der Waals surface area contributed by atoms with Gasteiger partial charge in [0.2, 0.25) is 0 Å². The van der Waals surface area contributed by atoms with E-state index in [1.54, 1.807) is 35.1 Å². The van der Waals surface area contributed by atoms with Gasteiger partial charge in [0.1, 0.15) is 0 Å². The van der Waals surface area contributed by atoms with E-state index < -0.39 is 5.76 Å². The lowest BCUT2D eigenvalue weighted by Crippen LogP contribution is -2.13. The number of amides is 1. The van der Waals surface area contributed by atoms with Gasteiger partial charge in [-0.2, -0.15) is 5.10 Å². The van der Waals surface area contributed by atoms with E-state index in [4.69, 9.17) is 4.42 Å². The molecule has 7 nitrogen and oxygen atoms in total. The van der Waals surface area contributed by atoms with Crippen LogP contribution in [-0.2, 0) is 0 Å². The molecule has 0 saturated heterocycles. The monoisotopic (exact) mass is 320 g/mol. The van der Waals surface area contributed by atoms with E-state index in [-0.39, 0.29) is 11.6 Å². The van der Waals surface area contributed by atoms with Gasteiger partial charge in [0.05, 0.1) is 11.2 Å². The third kappa shape index (κ3) is 2.58. The Kier molecular flexibility index (Phi) is 3.24. The highest BCUT2D eigenvalue weighted by molar-refractivity contribution is 6.03. The largest absolute Gasteiger partial charge is 0.417 e. The minimum atomic E-state index is -0.532. The number of anilines is 1. The predicted molar refractivity (Wildman–Crippen MR) is 88.4 cm³/mol. The number of nitrogens with zero attached hydrogens (tertiary/aromatic N) is 2. The second kappa shape index (κ2) is 5.54. The summed E-state index contributed by atoms with van der Waals surface area (Å²) >= 11 is 0. The van der Waals surface area contributed by atoms with Crippen molar-refractivity contribution in [1.82, 2.24) is 14.8 Å². The Hall–Kier alpha value is -3.61. The van der Waals surface area contributed by atoms with Crippen molar-refractivity contribution in [3.8, 4) is 5.69 Å². The molecule has 1 amide bonds. The van der Waals surface area contributed by atoms with Crippen LogP contribution in [0.4, 0.5) is 5.69 Å². The number of carbonyl (C=O) groups is 1. The number of rotatable bonds is 3. The van der Waals surface area contributed by atoms with Crippen LogP contribution in [0.1, 0.15) is 10.5 Å². The average Bonchev–Trinajstić information content (AvgIpc) is 3.21. The first kappa shape index (κ1) is 14.0. The standard InChI is InChI=1S/C17H12N4O3/c22-16(14-8-9-21(20-14)12-4-2-1-3-5-12)18-11-6-7-13-15(10-11)24-17(23)19-13/h1-10H,(H,18,22)(H,19,23). The van der Waals surface area contributed by atoms with Crippen molar-refractivity contribution in [3.05, 3.63) is 77.0 Å². The lowest BCUT2D eigenvalue weighted by molar-refractivity contribution is 0.102. The minimum absolute atomic E-state index is 0.287. The Morgan fingerprint density at radius 2 is 1.96 bits per heavy atom. The molecule has 0 aliphatic carbocycles. The Labute approximate surface area is 135 Å². The van der Waals surface area contributed by atoms with Gasteiger partial charge >= 0.3 is 5.76 Å². The van der Waals surface area contributed by atoms with Gasteiger partial charge < -0.3 is 9.73 Å². The number of hydrogen-bond acceptors (Lipinski definition) is 4. The summed E-state index contributed by atoms with van der Waals surface area (Å²) in [6.45, 7) is 0. The van der Waals surface area contributed by atoms with Crippen LogP contribution in [0.3, 0.4) is 0 Å². The van der Waals surface area contributed by atoms with Crippen LogP contribution in [0.5, 0.6) is 0 Å². The zero-order chi connectivity index (χ0) is 16.5. The van der Waals surface area contributed by atoms with Gasteiger partial charge in [-0.15, -0.1) is 0 Å². The van der Waals surface area contributed by atoms with E-state index in [9.17, 15) is 9.59 Å². The Bertz CT molecular complexity index is 1080. The molecule has 0 unspecified atom stereocenters. The van der Waals surface area contributed by atoms with E-state index in [0.717, 1.165) is 5.69 Å². The van der Waals surface area contributed by atoms with Crippen molar-refractivity contribution >= 4 is 22.7 Å². The first-order valence-electron chi connectivity index (χ1n) is 7.24. The zero-order valence-corrected chi connectivity index (χ0v) is 12.4. The van der Waals surface area contributed by atoms with Crippen LogP contribution >= 0.6 is 0 Å². The second-order valence-corrected chi connectivity index (χ2v) is 5.16. The van der Waals surface area contributed by atoms with E-state index >= 15 is 0 Å². The smallest absolute Gasteiger partial charge is 0.408 e. The van der Waals surface area contributed by atoms with Crippen LogP contribution in [0.25, 0.3) is 16.8 Å². The molecule has 2 aromatic heterocycles. The third-order valence-corrected chi connectivity index (χ3v) is 3.52. The number of aromatic nitrogens is 3. The quantitative estimate of drug-likeness (QED) is 0.607. The molecule has 7 heteroatoms. The van der Waals surface area contributed by atoms with Crippen LogP contribution in [0.2, 0.25) is 0 Å². The Morgan fingerprint density at radius 3 is 2.79 bits per heavy atom. The van der Waals surface area contributed by atoms with Crippen LogP contribution in [0, 0.1) is 0 Å². The van der Waals surface area contributed by atoms with Crippen molar-refractivity contribution in [2.75, 3.05) is 5.32 Å². The number of nitrogens with one attached hydrogen (secondary N) is 2. The molecule has 2 aromatic carbocycles. The fourth-order valence-electron chi connectivity index (χ4n) is 2.39. The molecule has 0 fully saturated rings. The fourth-order valence-corrected chi connectivity index (χ4v) is 2.39. The Morgan fingerprint density at radius 1 is 1.12 bits per heavy atom. The molecule has 4 aromatic rings. The maximum absolute atomic E-state index is 12.3. The molecule has 24 heavy (non-hydrogen) atoms. The first-order chi connectivity index (χ1) is 11.7. The SMILES string of the molecule is O=C(Nc1ccc2[nH]c(=O)oc2c1)c1ccn(-c2ccccc2)n1. The highest BCUT2D eigenvalue weighted by atomic mass is 16.4. The zero-order valence-electron chi connectivity index (χ0n) is 12.4. The molecular formula is C17H12N4O3. The van der Waals surface area contributed by atoms with Crippen molar-refractivity contribution in [2.24, 2.45) is 0 Å². The molecular weight excluding hydrogens is 308 g/mol. The third-order valence-electron chi connectivity index (χ3n) is 3.52. The second-order valence-electron chi connectivity index (χ2n) is 5.16. The van der Waals surface area contributed by atoms with E-state index in [0.29, 0.717) is 16.8 Å². The molecule has 0 saturated carbocycles. The molecule has 4 rings (SSSR count). The summed E-state index contributed by atoms with van der Waals surface area (Å²) in [5.74, 6) is -0.878. The number of hydrogen-bond donors (Lipinski definition) is 2. The molecule has 2 N–H and O–H groups in total. The summed E-state index contributed by atoms with van der Waals surface area (Å²) in [6.07, 6.45) is 1.72. The van der Waals surface area contributed by atoms with Gasteiger partial charge in [-0.3, -0.25) is 9.78 Å². The fraction of sp³-hybridized carbons (Fsp3) is 0. The molecule has 0 radical (unpaired) electrons. The lowest BCUT2D eigenvalue weighted by atomic mass is 10.3. The molecule has 2 heterocycles. The van der Waals surface area contributed by atoms with Gasteiger partial charge in [0.25, 0.3) is 5.91 Å². The van der Waals surface area contributed by atoms with Crippen LogP contribution < -0.4 is 11.1 Å². The number of para-hydroxylation sites is 1. The summed E-state index contributed by atoms with van der Waals surface area (Å²) in [4.78, 5) is 26.0. The van der Waals surface area contributed by atoms with Crippen LogP contribution in [-0.4, -0.2) is 20.7 Å². The number of oxazole rings is 1. The van der Waals surface area contributed by atoms with Gasteiger partial charge in [0, 0.05) is 18.0 Å². The van der Waals surface area contributed by atoms with Gasteiger partial charge in [-0.1, -0.05) is 18.2 Å². The maximum atomic E-state index is 12.3. The van der Waals surface area contributed by atoms with E-state index in [2.05, 4.69) is 15.4 Å². The number of fused-ring (bicyclic) bond motifs is 1. The minimum Gasteiger partial charge on any atom is -0.408 e. The summed E-state index contributed by atoms with van der Waals surface area (Å²) in [5.41, 5.74) is 2.63.